The molecule has 5 aromatic rings. The van der Waals surface area contributed by atoms with Gasteiger partial charge < -0.3 is 4.42 Å². The smallest absolute Gasteiger partial charge is 0.178 e. The predicted octanol–water partition coefficient (Wildman–Crippen LogP) is 4.59. The lowest BCUT2D eigenvalue weighted by Crippen LogP contribution is -1.90. The molecule has 0 aliphatic carbocycles. The Hall–Kier alpha value is -3.27. The molecule has 0 saturated carbocycles. The highest BCUT2D eigenvalue weighted by Gasteiger charge is 2.09. The predicted molar refractivity (Wildman–Crippen MR) is 90.0 cm³/mol. The average Bonchev–Trinajstić information content (AvgIpc) is 2.99. The lowest BCUT2D eigenvalue weighted by atomic mass is 10.1. The number of hydrogen-bond acceptors (Lipinski definition) is 4. The molecule has 0 unspecified atom stereocenters. The fourth-order valence-corrected chi connectivity index (χ4v) is 2.87. The number of aromatic nitrogens is 3. The fourth-order valence-electron chi connectivity index (χ4n) is 2.87. The first-order chi connectivity index (χ1) is 11.4. The molecule has 2 aromatic carbocycles. The van der Waals surface area contributed by atoms with Gasteiger partial charge in [-0.2, -0.15) is 0 Å². The van der Waals surface area contributed by atoms with Crippen LogP contribution in [0.1, 0.15) is 0 Å². The fraction of sp³-hybridized carbons (Fsp3) is 0. The van der Waals surface area contributed by atoms with Gasteiger partial charge in [-0.1, -0.05) is 18.2 Å². The first-order valence-corrected chi connectivity index (χ1v) is 7.38. The van der Waals surface area contributed by atoms with E-state index in [1.165, 1.54) is 0 Å². The van der Waals surface area contributed by atoms with Crippen LogP contribution < -0.4 is 0 Å². The minimum Gasteiger partial charge on any atom is -0.456 e. The van der Waals surface area contributed by atoms with Gasteiger partial charge >= 0.3 is 0 Å². The van der Waals surface area contributed by atoms with Crippen LogP contribution >= 0.6 is 0 Å². The molecule has 0 spiro atoms. The van der Waals surface area contributed by atoms with Crippen molar-refractivity contribution in [1.82, 2.24) is 15.0 Å². The van der Waals surface area contributed by atoms with Crippen LogP contribution in [0.15, 0.2) is 71.4 Å². The van der Waals surface area contributed by atoms with Crippen LogP contribution in [0.2, 0.25) is 0 Å². The molecule has 4 heteroatoms. The molecule has 3 aromatic heterocycles. The van der Waals surface area contributed by atoms with Gasteiger partial charge in [0.1, 0.15) is 16.7 Å². The van der Waals surface area contributed by atoms with Crippen molar-refractivity contribution >= 4 is 33.1 Å². The molecule has 4 nitrogen and oxygen atoms in total. The van der Waals surface area contributed by atoms with Crippen LogP contribution in [0.25, 0.3) is 44.4 Å². The first-order valence-electron chi connectivity index (χ1n) is 7.38. The highest BCUT2D eigenvalue weighted by Crippen LogP contribution is 2.31. The molecule has 0 N–H and O–H groups in total. The second-order valence-electron chi connectivity index (χ2n) is 5.41. The largest absolute Gasteiger partial charge is 0.456 e. The Morgan fingerprint density at radius 3 is 2.70 bits per heavy atom. The minimum absolute atomic E-state index is 0.655. The maximum atomic E-state index is 5.87. The summed E-state index contributed by atoms with van der Waals surface area (Å²) in [6.07, 6.45) is 3.51. The van der Waals surface area contributed by atoms with Gasteiger partial charge in [0.15, 0.2) is 5.65 Å². The van der Waals surface area contributed by atoms with Crippen molar-refractivity contribution < 1.29 is 4.42 Å². The monoisotopic (exact) mass is 297 g/mol. The van der Waals surface area contributed by atoms with E-state index in [0.717, 1.165) is 38.7 Å². The maximum Gasteiger partial charge on any atom is 0.178 e. The third-order valence-corrected chi connectivity index (χ3v) is 3.99. The van der Waals surface area contributed by atoms with Gasteiger partial charge in [0.05, 0.1) is 11.9 Å². The number of benzene rings is 2. The van der Waals surface area contributed by atoms with Crippen LogP contribution in [0, 0.1) is 0 Å². The Balaban J connectivity index is 1.76. The molecule has 23 heavy (non-hydrogen) atoms. The van der Waals surface area contributed by atoms with Crippen molar-refractivity contribution in [1.29, 1.82) is 0 Å². The Bertz CT molecular complexity index is 1180. The van der Waals surface area contributed by atoms with Crippen LogP contribution in [-0.2, 0) is 0 Å². The molecule has 0 amide bonds. The summed E-state index contributed by atoms with van der Waals surface area (Å²) < 4.78 is 5.87. The Kier molecular flexibility index (Phi) is 2.46. The molecular formula is C19H11N3O. The van der Waals surface area contributed by atoms with Gasteiger partial charge in [-0.3, -0.25) is 4.98 Å². The highest BCUT2D eigenvalue weighted by atomic mass is 16.3. The minimum atomic E-state index is 0.655. The highest BCUT2D eigenvalue weighted by molar-refractivity contribution is 6.06. The SMILES string of the molecule is c1cnc2nc(-c3ccc4oc5ccccc5c4c3)cnc2c1. The average molecular weight is 297 g/mol. The summed E-state index contributed by atoms with van der Waals surface area (Å²) in [5, 5.41) is 2.19. The van der Waals surface area contributed by atoms with Crippen molar-refractivity contribution in [3.8, 4) is 11.3 Å². The molecule has 5 rings (SSSR count). The summed E-state index contributed by atoms with van der Waals surface area (Å²) in [5.74, 6) is 0. The van der Waals surface area contributed by atoms with E-state index in [4.69, 9.17) is 4.42 Å². The normalized spacial score (nSPS) is 11.5. The molecule has 0 saturated heterocycles. The summed E-state index contributed by atoms with van der Waals surface area (Å²) in [5.41, 5.74) is 5.04. The van der Waals surface area contributed by atoms with Crippen molar-refractivity contribution in [3.05, 3.63) is 67.0 Å². The van der Waals surface area contributed by atoms with Crippen molar-refractivity contribution in [2.24, 2.45) is 0 Å². The van der Waals surface area contributed by atoms with Gasteiger partial charge in [0.25, 0.3) is 0 Å². The van der Waals surface area contributed by atoms with Gasteiger partial charge in [-0.05, 0) is 36.4 Å². The summed E-state index contributed by atoms with van der Waals surface area (Å²) in [6.45, 7) is 0. The molecule has 0 aliphatic heterocycles. The van der Waals surface area contributed by atoms with Crippen molar-refractivity contribution in [2.45, 2.75) is 0 Å². The second kappa shape index (κ2) is 4.61. The molecule has 0 aliphatic rings. The van der Waals surface area contributed by atoms with E-state index < -0.39 is 0 Å². The van der Waals surface area contributed by atoms with Crippen molar-refractivity contribution in [2.75, 3.05) is 0 Å². The van der Waals surface area contributed by atoms with Gasteiger partial charge in [-0.25, -0.2) is 9.97 Å². The first kappa shape index (κ1) is 12.3. The quantitative estimate of drug-likeness (QED) is 0.454. The van der Waals surface area contributed by atoms with E-state index >= 15 is 0 Å². The van der Waals surface area contributed by atoms with Gasteiger partial charge in [-0.15, -0.1) is 0 Å². The number of fused-ring (bicyclic) bond motifs is 4. The zero-order valence-electron chi connectivity index (χ0n) is 12.1. The van der Waals surface area contributed by atoms with E-state index in [2.05, 4.69) is 27.1 Å². The number of para-hydroxylation sites is 1. The van der Waals surface area contributed by atoms with Crippen LogP contribution in [-0.4, -0.2) is 15.0 Å². The number of hydrogen-bond donors (Lipinski definition) is 0. The van der Waals surface area contributed by atoms with Crippen LogP contribution in [0.3, 0.4) is 0 Å². The second-order valence-corrected chi connectivity index (χ2v) is 5.41. The van der Waals surface area contributed by atoms with E-state index in [-0.39, 0.29) is 0 Å². The zero-order valence-corrected chi connectivity index (χ0v) is 12.1. The molecule has 0 radical (unpaired) electrons. The molecule has 0 fully saturated rings. The Morgan fingerprint density at radius 2 is 1.70 bits per heavy atom. The molecule has 0 bridgehead atoms. The number of rotatable bonds is 1. The molecular weight excluding hydrogens is 286 g/mol. The van der Waals surface area contributed by atoms with E-state index in [0.29, 0.717) is 5.65 Å². The molecule has 108 valence electrons. The van der Waals surface area contributed by atoms with Crippen LogP contribution in [0.5, 0.6) is 0 Å². The summed E-state index contributed by atoms with van der Waals surface area (Å²) in [7, 11) is 0. The maximum absolute atomic E-state index is 5.87. The number of pyridine rings is 1. The van der Waals surface area contributed by atoms with Crippen molar-refractivity contribution in [3.63, 3.8) is 0 Å². The Labute approximate surface area is 131 Å². The summed E-state index contributed by atoms with van der Waals surface area (Å²) in [4.78, 5) is 13.3. The topological polar surface area (TPSA) is 51.8 Å². The summed E-state index contributed by atoms with van der Waals surface area (Å²) in [6, 6.07) is 17.9. The third-order valence-electron chi connectivity index (χ3n) is 3.99. The number of nitrogens with zero attached hydrogens (tertiary/aromatic N) is 3. The molecule has 0 atom stereocenters. The Morgan fingerprint density at radius 1 is 0.783 bits per heavy atom. The molecule has 3 heterocycles. The summed E-state index contributed by atoms with van der Waals surface area (Å²) >= 11 is 0. The third kappa shape index (κ3) is 1.89. The number of furan rings is 1. The van der Waals surface area contributed by atoms with Crippen LogP contribution in [0.4, 0.5) is 0 Å². The lowest BCUT2D eigenvalue weighted by Gasteiger charge is -2.02. The standard InChI is InChI=1S/C19H11N3O/c1-2-6-17-13(4-1)14-10-12(7-8-18(14)23-17)16-11-21-15-5-3-9-20-19(15)22-16/h1-11H. The lowest BCUT2D eigenvalue weighted by molar-refractivity contribution is 0.669. The van der Waals surface area contributed by atoms with Gasteiger partial charge in [0.2, 0.25) is 0 Å². The van der Waals surface area contributed by atoms with Gasteiger partial charge in [0, 0.05) is 22.5 Å². The van der Waals surface area contributed by atoms with E-state index in [1.807, 2.05) is 42.5 Å². The van der Waals surface area contributed by atoms with E-state index in [9.17, 15) is 0 Å². The zero-order chi connectivity index (χ0) is 15.2. The van der Waals surface area contributed by atoms with E-state index in [1.54, 1.807) is 12.4 Å².